The number of nitrogens with two attached hydrogens (primary N) is 1. The largest absolute Gasteiger partial charge is 0.396 e. The first kappa shape index (κ1) is 15.0. The third-order valence-corrected chi connectivity index (χ3v) is 2.96. The molecule has 0 radical (unpaired) electrons. The second kappa shape index (κ2) is 6.21. The summed E-state index contributed by atoms with van der Waals surface area (Å²) in [5, 5.41) is 6.59. The van der Waals surface area contributed by atoms with E-state index in [0.717, 1.165) is 0 Å². The summed E-state index contributed by atoms with van der Waals surface area (Å²) in [6, 6.07) is 0. The Morgan fingerprint density at radius 1 is 1.58 bits per heavy atom. The van der Waals surface area contributed by atoms with E-state index in [1.54, 1.807) is 25.7 Å². The van der Waals surface area contributed by atoms with E-state index in [2.05, 4.69) is 10.4 Å². The molecule has 1 aromatic rings. The smallest absolute Gasteiger partial charge is 0.274 e. The van der Waals surface area contributed by atoms with Gasteiger partial charge >= 0.3 is 0 Å². The fourth-order valence-electron chi connectivity index (χ4n) is 1.88. The molecule has 7 nitrogen and oxygen atoms in total. The molecule has 0 aliphatic carbocycles. The van der Waals surface area contributed by atoms with Gasteiger partial charge in [-0.25, -0.2) is 0 Å². The average molecular weight is 267 g/mol. The Hall–Kier alpha value is -2.05. The quantitative estimate of drug-likeness (QED) is 0.781. The van der Waals surface area contributed by atoms with E-state index in [1.165, 1.54) is 11.1 Å². The van der Waals surface area contributed by atoms with Gasteiger partial charge in [-0.1, -0.05) is 6.92 Å². The van der Waals surface area contributed by atoms with Crippen molar-refractivity contribution in [2.75, 3.05) is 26.4 Å². The molecule has 1 rings (SSSR count). The number of nitrogens with one attached hydrogen (secondary N) is 1. The maximum absolute atomic E-state index is 12.3. The maximum Gasteiger partial charge on any atom is 0.274 e. The molecule has 2 amide bonds. The number of anilines is 1. The zero-order valence-electron chi connectivity index (χ0n) is 11.8. The molecule has 106 valence electrons. The van der Waals surface area contributed by atoms with Crippen molar-refractivity contribution in [2.24, 2.45) is 5.92 Å². The van der Waals surface area contributed by atoms with Crippen LogP contribution in [0.25, 0.3) is 0 Å². The van der Waals surface area contributed by atoms with Gasteiger partial charge in [0.05, 0.1) is 17.8 Å². The molecule has 0 aliphatic heterocycles. The van der Waals surface area contributed by atoms with Crippen molar-refractivity contribution in [3.05, 3.63) is 11.9 Å². The number of rotatable bonds is 5. The van der Waals surface area contributed by atoms with Crippen molar-refractivity contribution in [1.82, 2.24) is 20.0 Å². The molecule has 1 unspecified atom stereocenters. The van der Waals surface area contributed by atoms with Crippen LogP contribution in [0, 0.1) is 5.92 Å². The number of nitrogen functional groups attached to an aromatic ring is 1. The Labute approximate surface area is 112 Å². The lowest BCUT2D eigenvalue weighted by Crippen LogP contribution is -2.38. The Kier molecular flexibility index (Phi) is 4.91. The molecule has 1 atom stereocenters. The molecule has 0 spiro atoms. The van der Waals surface area contributed by atoms with Gasteiger partial charge in [0.25, 0.3) is 5.91 Å². The van der Waals surface area contributed by atoms with Crippen LogP contribution in [0.5, 0.6) is 0 Å². The van der Waals surface area contributed by atoms with E-state index in [-0.39, 0.29) is 17.7 Å². The van der Waals surface area contributed by atoms with Gasteiger partial charge in [-0.05, 0) is 6.92 Å². The number of carbonyl (C=O) groups excluding carboxylic acids is 2. The number of hydrogen-bond acceptors (Lipinski definition) is 4. The molecule has 0 fully saturated rings. The van der Waals surface area contributed by atoms with Gasteiger partial charge in [0.1, 0.15) is 5.69 Å². The van der Waals surface area contributed by atoms with E-state index in [0.29, 0.717) is 24.5 Å². The van der Waals surface area contributed by atoms with Crippen LogP contribution in [-0.4, -0.2) is 47.1 Å². The van der Waals surface area contributed by atoms with Gasteiger partial charge in [-0.3, -0.25) is 14.3 Å². The van der Waals surface area contributed by atoms with Crippen LogP contribution in [0.1, 0.15) is 24.3 Å². The normalized spacial score (nSPS) is 12.0. The van der Waals surface area contributed by atoms with E-state index in [9.17, 15) is 9.59 Å². The first-order chi connectivity index (χ1) is 8.92. The molecule has 0 aromatic carbocycles. The van der Waals surface area contributed by atoms with Crippen molar-refractivity contribution in [3.8, 4) is 0 Å². The third kappa shape index (κ3) is 3.24. The van der Waals surface area contributed by atoms with E-state index < -0.39 is 0 Å². The average Bonchev–Trinajstić information content (AvgIpc) is 2.77. The van der Waals surface area contributed by atoms with Gasteiger partial charge in [0.2, 0.25) is 5.91 Å². The van der Waals surface area contributed by atoms with Crippen LogP contribution in [0.2, 0.25) is 0 Å². The van der Waals surface area contributed by atoms with Crippen molar-refractivity contribution in [2.45, 2.75) is 20.4 Å². The molecule has 0 saturated carbocycles. The van der Waals surface area contributed by atoms with Crippen LogP contribution in [-0.2, 0) is 11.3 Å². The van der Waals surface area contributed by atoms with Crippen molar-refractivity contribution in [1.29, 1.82) is 0 Å². The summed E-state index contributed by atoms with van der Waals surface area (Å²) in [5.74, 6) is -0.609. The number of nitrogens with zero attached hydrogens (tertiary/aromatic N) is 3. The molecule has 0 aliphatic rings. The molecular weight excluding hydrogens is 246 g/mol. The molecular formula is C12H21N5O2. The van der Waals surface area contributed by atoms with Gasteiger partial charge < -0.3 is 16.0 Å². The summed E-state index contributed by atoms with van der Waals surface area (Å²) in [6.45, 7) is 4.55. The van der Waals surface area contributed by atoms with Gasteiger partial charge in [0.15, 0.2) is 0 Å². The number of aryl methyl sites for hydroxylation is 1. The topological polar surface area (TPSA) is 93.2 Å². The monoisotopic (exact) mass is 267 g/mol. The SMILES string of the molecule is CCn1ncc(N)c1C(=O)N(C)CC(C)C(=O)NC. The molecule has 1 heterocycles. The van der Waals surface area contributed by atoms with Crippen molar-refractivity contribution >= 4 is 17.5 Å². The van der Waals surface area contributed by atoms with Gasteiger partial charge in [-0.15, -0.1) is 0 Å². The van der Waals surface area contributed by atoms with Crippen LogP contribution < -0.4 is 11.1 Å². The lowest BCUT2D eigenvalue weighted by Gasteiger charge is -2.21. The molecule has 7 heteroatoms. The van der Waals surface area contributed by atoms with E-state index in [1.807, 2.05) is 6.92 Å². The van der Waals surface area contributed by atoms with Gasteiger partial charge in [-0.2, -0.15) is 5.10 Å². The number of carbonyl (C=O) groups is 2. The van der Waals surface area contributed by atoms with Crippen LogP contribution >= 0.6 is 0 Å². The number of aromatic nitrogens is 2. The Morgan fingerprint density at radius 3 is 2.74 bits per heavy atom. The van der Waals surface area contributed by atoms with Crippen LogP contribution in [0.4, 0.5) is 5.69 Å². The lowest BCUT2D eigenvalue weighted by molar-refractivity contribution is -0.124. The minimum atomic E-state index is -0.279. The third-order valence-electron chi connectivity index (χ3n) is 2.96. The van der Waals surface area contributed by atoms with Gasteiger partial charge in [0, 0.05) is 27.2 Å². The second-order valence-electron chi connectivity index (χ2n) is 4.47. The minimum absolute atomic E-state index is 0.100. The summed E-state index contributed by atoms with van der Waals surface area (Å²) in [5.41, 5.74) is 6.48. The zero-order valence-corrected chi connectivity index (χ0v) is 11.8. The highest BCUT2D eigenvalue weighted by atomic mass is 16.2. The number of amides is 2. The molecule has 0 bridgehead atoms. The van der Waals surface area contributed by atoms with Crippen molar-refractivity contribution in [3.63, 3.8) is 0 Å². The fraction of sp³-hybridized carbons (Fsp3) is 0.583. The molecule has 19 heavy (non-hydrogen) atoms. The lowest BCUT2D eigenvalue weighted by atomic mass is 10.1. The Morgan fingerprint density at radius 2 is 2.21 bits per heavy atom. The summed E-state index contributed by atoms with van der Waals surface area (Å²) in [7, 11) is 3.22. The fourth-order valence-corrected chi connectivity index (χ4v) is 1.88. The van der Waals surface area contributed by atoms with E-state index in [4.69, 9.17) is 5.73 Å². The summed E-state index contributed by atoms with van der Waals surface area (Å²) in [6.07, 6.45) is 1.47. The van der Waals surface area contributed by atoms with Crippen LogP contribution in [0.3, 0.4) is 0 Å². The Balaban J connectivity index is 2.82. The molecule has 3 N–H and O–H groups in total. The maximum atomic E-state index is 12.3. The first-order valence-electron chi connectivity index (χ1n) is 6.20. The molecule has 0 saturated heterocycles. The Bertz CT molecular complexity index is 469. The highest BCUT2D eigenvalue weighted by molar-refractivity contribution is 5.97. The predicted octanol–water partition coefficient (Wildman–Crippen LogP) is -0.0607. The van der Waals surface area contributed by atoms with Crippen LogP contribution in [0.15, 0.2) is 6.20 Å². The second-order valence-corrected chi connectivity index (χ2v) is 4.47. The zero-order chi connectivity index (χ0) is 14.6. The molecule has 1 aromatic heterocycles. The summed E-state index contributed by atoms with van der Waals surface area (Å²) in [4.78, 5) is 25.2. The summed E-state index contributed by atoms with van der Waals surface area (Å²) < 4.78 is 1.55. The number of hydrogen-bond donors (Lipinski definition) is 2. The summed E-state index contributed by atoms with van der Waals surface area (Å²) >= 11 is 0. The highest BCUT2D eigenvalue weighted by Gasteiger charge is 2.23. The predicted molar refractivity (Wildman–Crippen MR) is 72.5 cm³/mol. The standard InChI is InChI=1S/C12H21N5O2/c1-5-17-10(9(13)6-15-17)12(19)16(4)7-8(2)11(18)14-3/h6,8H,5,7,13H2,1-4H3,(H,14,18). The van der Waals surface area contributed by atoms with Crippen molar-refractivity contribution < 1.29 is 9.59 Å². The van der Waals surface area contributed by atoms with E-state index >= 15 is 0 Å². The first-order valence-corrected chi connectivity index (χ1v) is 6.20. The highest BCUT2D eigenvalue weighted by Crippen LogP contribution is 2.14. The minimum Gasteiger partial charge on any atom is -0.396 e.